The molecular weight excluding hydrogens is 535 g/mol. The Morgan fingerprint density at radius 3 is 2.76 bits per heavy atom. The first-order valence-corrected chi connectivity index (χ1v) is 14.6. The van der Waals surface area contributed by atoms with Gasteiger partial charge in [-0.2, -0.15) is 0 Å². The third-order valence-corrected chi connectivity index (χ3v) is 9.75. The molecule has 0 N–H and O–H groups in total. The van der Waals surface area contributed by atoms with Crippen LogP contribution in [-0.2, 0) is 15.3 Å². The maximum absolute atomic E-state index is 14.3. The Kier molecular flexibility index (Phi) is 5.57. The summed E-state index contributed by atoms with van der Waals surface area (Å²) in [6.45, 7) is 3.36. The maximum atomic E-state index is 14.3. The van der Waals surface area contributed by atoms with Gasteiger partial charge in [0.2, 0.25) is 0 Å². The number of methoxy groups -OCH3 is 1. The van der Waals surface area contributed by atoms with E-state index in [-0.39, 0.29) is 11.2 Å². The minimum atomic E-state index is -0.798. The molecule has 10 heteroatoms. The summed E-state index contributed by atoms with van der Waals surface area (Å²) in [5.74, 6) is 0.594. The summed E-state index contributed by atoms with van der Waals surface area (Å²) >= 11 is 0. The third-order valence-electron chi connectivity index (χ3n) is 9.75. The third kappa shape index (κ3) is 3.74. The van der Waals surface area contributed by atoms with E-state index in [1.807, 2.05) is 44.0 Å². The van der Waals surface area contributed by atoms with Crippen LogP contribution < -0.4 is 4.90 Å². The molecule has 1 atom stereocenters. The summed E-state index contributed by atoms with van der Waals surface area (Å²) in [6, 6.07) is 9.13. The lowest BCUT2D eigenvalue weighted by atomic mass is 9.66. The lowest BCUT2D eigenvalue weighted by Gasteiger charge is -2.49. The van der Waals surface area contributed by atoms with Crippen molar-refractivity contribution in [1.29, 1.82) is 0 Å². The fourth-order valence-electron chi connectivity index (χ4n) is 7.57. The van der Waals surface area contributed by atoms with Crippen molar-refractivity contribution >= 4 is 28.6 Å². The van der Waals surface area contributed by atoms with Crippen molar-refractivity contribution < 1.29 is 18.5 Å². The zero-order valence-electron chi connectivity index (χ0n) is 24.0. The fraction of sp³-hybridized carbons (Fsp3) is 0.406. The number of hydrogen-bond acceptors (Lipinski definition) is 8. The highest BCUT2D eigenvalue weighted by Gasteiger charge is 2.58. The van der Waals surface area contributed by atoms with Crippen LogP contribution in [-0.4, -0.2) is 58.8 Å². The highest BCUT2D eigenvalue weighted by atomic mass is 19.1. The van der Waals surface area contributed by atoms with Gasteiger partial charge in [0.15, 0.2) is 11.4 Å². The number of piperidine rings is 1. The van der Waals surface area contributed by atoms with Crippen LogP contribution in [0.3, 0.4) is 0 Å². The standard InChI is InChI=1S/C32H33FN6O3/c1-20-16-38(19-34-20)27-7-4-21(25-15-35-41-29(25)27)12-22-14-31(10-8-24(40-3)9-11-31)17-39-30(22)36-42-32(39)18-37(2)28-13-23(33)5-6-26(28)32/h4-7,12-13,15-16,19,24H,8-11,14,17-18H2,1-3H3/b22-12+. The fourth-order valence-corrected chi connectivity index (χ4v) is 7.57. The smallest absolute Gasteiger partial charge is 0.256 e. The number of aryl methyl sites for hydroxylation is 1. The van der Waals surface area contributed by atoms with Crippen molar-refractivity contribution in [3.63, 3.8) is 0 Å². The first-order valence-electron chi connectivity index (χ1n) is 14.6. The van der Waals surface area contributed by atoms with Crippen LogP contribution in [0.15, 0.2) is 64.3 Å². The number of hydrogen-bond donors (Lipinski definition) is 0. The highest BCUT2D eigenvalue weighted by molar-refractivity contribution is 6.06. The van der Waals surface area contributed by atoms with Crippen molar-refractivity contribution in [1.82, 2.24) is 19.6 Å². The Labute approximate surface area is 243 Å². The van der Waals surface area contributed by atoms with Crippen molar-refractivity contribution in [2.45, 2.75) is 50.9 Å². The van der Waals surface area contributed by atoms with E-state index in [0.717, 1.165) is 83.6 Å². The Balaban J connectivity index is 1.24. The number of ether oxygens (including phenoxy) is 1. The molecule has 2 spiro atoms. The van der Waals surface area contributed by atoms with Crippen LogP contribution in [0.25, 0.3) is 22.7 Å². The normalized spacial score (nSPS) is 27.7. The number of halogens is 1. The lowest BCUT2D eigenvalue weighted by Crippen LogP contribution is -2.57. The van der Waals surface area contributed by atoms with E-state index in [2.05, 4.69) is 32.1 Å². The average Bonchev–Trinajstić information content (AvgIpc) is 3.77. The number of nitrogens with zero attached hydrogens (tertiary/aromatic N) is 6. The summed E-state index contributed by atoms with van der Waals surface area (Å²) < 4.78 is 27.8. The molecule has 0 radical (unpaired) electrons. The van der Waals surface area contributed by atoms with Gasteiger partial charge in [-0.05, 0) is 85.9 Å². The van der Waals surface area contributed by atoms with Crippen molar-refractivity contribution in [2.24, 2.45) is 10.6 Å². The van der Waals surface area contributed by atoms with Gasteiger partial charge in [-0.15, -0.1) is 0 Å². The molecule has 2 aromatic heterocycles. The van der Waals surface area contributed by atoms with Gasteiger partial charge in [0.05, 0.1) is 41.9 Å². The molecule has 42 heavy (non-hydrogen) atoms. The second-order valence-corrected chi connectivity index (χ2v) is 12.3. The number of benzene rings is 2. The van der Waals surface area contributed by atoms with E-state index >= 15 is 0 Å². The van der Waals surface area contributed by atoms with E-state index in [0.29, 0.717) is 18.2 Å². The van der Waals surface area contributed by atoms with Gasteiger partial charge < -0.3 is 28.5 Å². The summed E-state index contributed by atoms with van der Waals surface area (Å²) in [6.07, 6.45) is 13.1. The molecule has 9 nitrogen and oxygen atoms in total. The Morgan fingerprint density at radius 1 is 1.12 bits per heavy atom. The first kappa shape index (κ1) is 25.5. The lowest BCUT2D eigenvalue weighted by molar-refractivity contribution is -0.110. The molecule has 5 heterocycles. The van der Waals surface area contributed by atoms with Crippen LogP contribution >= 0.6 is 0 Å². The second kappa shape index (κ2) is 9.16. The molecule has 8 rings (SSSR count). The van der Waals surface area contributed by atoms with Crippen molar-refractivity contribution in [3.8, 4) is 5.69 Å². The van der Waals surface area contributed by atoms with Crippen LogP contribution in [0.2, 0.25) is 0 Å². The molecule has 0 bridgehead atoms. The Morgan fingerprint density at radius 2 is 1.98 bits per heavy atom. The molecule has 3 aliphatic heterocycles. The predicted octanol–water partition coefficient (Wildman–Crippen LogP) is 5.77. The van der Waals surface area contributed by atoms with Gasteiger partial charge >= 0.3 is 0 Å². The van der Waals surface area contributed by atoms with E-state index in [1.165, 1.54) is 6.07 Å². The molecule has 0 amide bonds. The van der Waals surface area contributed by atoms with Crippen molar-refractivity contribution in [2.75, 3.05) is 32.1 Å². The van der Waals surface area contributed by atoms with Gasteiger partial charge in [0, 0.05) is 38.1 Å². The van der Waals surface area contributed by atoms with Crippen LogP contribution in [0.4, 0.5) is 10.1 Å². The zero-order valence-corrected chi connectivity index (χ0v) is 24.0. The van der Waals surface area contributed by atoms with Gasteiger partial charge in [0.25, 0.3) is 5.72 Å². The molecule has 4 aliphatic rings. The predicted molar refractivity (Wildman–Crippen MR) is 157 cm³/mol. The van der Waals surface area contributed by atoms with Crippen LogP contribution in [0.5, 0.6) is 0 Å². The van der Waals surface area contributed by atoms with Gasteiger partial charge in [0.1, 0.15) is 5.82 Å². The molecule has 1 saturated carbocycles. The molecule has 1 aliphatic carbocycles. The number of fused-ring (bicyclic) bond motifs is 5. The first-order chi connectivity index (χ1) is 20.4. The average molecular weight is 569 g/mol. The van der Waals surface area contributed by atoms with Gasteiger partial charge in [-0.1, -0.05) is 16.4 Å². The molecule has 2 fully saturated rings. The highest BCUT2D eigenvalue weighted by Crippen LogP contribution is 2.54. The number of anilines is 1. The molecular formula is C32H33FN6O3. The summed E-state index contributed by atoms with van der Waals surface area (Å²) in [4.78, 5) is 15.2. The summed E-state index contributed by atoms with van der Waals surface area (Å²) in [5.41, 5.74) is 5.71. The van der Waals surface area contributed by atoms with E-state index in [9.17, 15) is 4.39 Å². The minimum absolute atomic E-state index is 0.0456. The van der Waals surface area contributed by atoms with E-state index in [1.54, 1.807) is 18.6 Å². The summed E-state index contributed by atoms with van der Waals surface area (Å²) in [7, 11) is 3.80. The Hall–Kier alpha value is -4.18. The number of imidazole rings is 1. The monoisotopic (exact) mass is 568 g/mol. The number of amidine groups is 1. The van der Waals surface area contributed by atoms with E-state index in [4.69, 9.17) is 19.3 Å². The van der Waals surface area contributed by atoms with Crippen LogP contribution in [0.1, 0.15) is 48.9 Å². The van der Waals surface area contributed by atoms with E-state index < -0.39 is 5.72 Å². The van der Waals surface area contributed by atoms with Gasteiger partial charge in [-0.25, -0.2) is 9.37 Å². The topological polar surface area (TPSA) is 81.1 Å². The largest absolute Gasteiger partial charge is 0.381 e. The van der Waals surface area contributed by atoms with Crippen molar-refractivity contribution in [3.05, 3.63) is 77.3 Å². The SMILES string of the molecule is COC1CCC2(CC1)C/C(=C\c1ccc(-n3cnc(C)c3)c3oncc13)C1=NOC3(CN(C)c4cc(F)ccc43)N1C2. The molecule has 1 unspecified atom stereocenters. The number of rotatable bonds is 3. The van der Waals surface area contributed by atoms with Crippen LogP contribution in [0, 0.1) is 18.2 Å². The second-order valence-electron chi connectivity index (χ2n) is 12.3. The minimum Gasteiger partial charge on any atom is -0.381 e. The quantitative estimate of drug-likeness (QED) is 0.310. The zero-order chi connectivity index (χ0) is 28.6. The molecule has 2 aromatic carbocycles. The summed E-state index contributed by atoms with van der Waals surface area (Å²) in [5, 5.41) is 9.84. The molecule has 1 saturated heterocycles. The Bertz CT molecular complexity index is 1770. The maximum Gasteiger partial charge on any atom is 0.256 e. The molecule has 216 valence electrons. The number of aromatic nitrogens is 3. The molecule has 4 aromatic rings. The number of oxime groups is 1. The number of likely N-dealkylation sites (N-methyl/N-ethyl adjacent to an activating group) is 1. The van der Waals surface area contributed by atoms with Gasteiger partial charge in [-0.3, -0.25) is 0 Å².